The van der Waals surface area contributed by atoms with Gasteiger partial charge in [-0.25, -0.2) is 9.97 Å². The predicted molar refractivity (Wildman–Crippen MR) is 75.2 cm³/mol. The van der Waals surface area contributed by atoms with E-state index in [1.807, 2.05) is 12.1 Å². The number of pyridine rings is 1. The molecule has 0 spiro atoms. The van der Waals surface area contributed by atoms with Crippen molar-refractivity contribution in [2.75, 3.05) is 5.73 Å². The summed E-state index contributed by atoms with van der Waals surface area (Å²) in [5.41, 5.74) is 5.69. The normalized spacial score (nSPS) is 10.7. The average molecular weight is 351 g/mol. The van der Waals surface area contributed by atoms with Gasteiger partial charge in [-0.05, 0) is 39.8 Å². The van der Waals surface area contributed by atoms with Gasteiger partial charge in [0.15, 0.2) is 0 Å². The third-order valence-corrected chi connectivity index (χ3v) is 3.94. The zero-order chi connectivity index (χ0) is 13.9. The van der Waals surface area contributed by atoms with Gasteiger partial charge < -0.3 is 5.73 Å². The molecule has 8 nitrogen and oxygen atoms in total. The number of aromatic nitrogens is 7. The van der Waals surface area contributed by atoms with Crippen LogP contribution in [0.3, 0.4) is 0 Å². The standard InChI is InChI=1S/C10H7BrN8S/c11-6-2-1-3-14-7(6)20-10-17-8(12)16-9(18-10)19-5-13-4-15-19/h1-5H,(H2,12,16,17,18). The maximum absolute atomic E-state index is 5.69. The van der Waals surface area contributed by atoms with E-state index < -0.39 is 0 Å². The second kappa shape index (κ2) is 5.51. The zero-order valence-electron chi connectivity index (χ0n) is 9.88. The fourth-order valence-electron chi connectivity index (χ4n) is 1.35. The van der Waals surface area contributed by atoms with Gasteiger partial charge in [-0.2, -0.15) is 24.7 Å². The van der Waals surface area contributed by atoms with Gasteiger partial charge in [0.2, 0.25) is 11.1 Å². The Labute approximate surface area is 126 Å². The molecule has 10 heteroatoms. The molecule has 0 fully saturated rings. The monoisotopic (exact) mass is 350 g/mol. The zero-order valence-corrected chi connectivity index (χ0v) is 12.3. The van der Waals surface area contributed by atoms with Crippen LogP contribution in [0.4, 0.5) is 5.95 Å². The summed E-state index contributed by atoms with van der Waals surface area (Å²) in [6, 6.07) is 3.72. The van der Waals surface area contributed by atoms with Crippen LogP contribution in [0.15, 0.2) is 45.6 Å². The SMILES string of the molecule is Nc1nc(Sc2ncccc2Br)nc(-n2cncn2)n1. The van der Waals surface area contributed by atoms with Crippen molar-refractivity contribution < 1.29 is 0 Å². The van der Waals surface area contributed by atoms with Crippen molar-refractivity contribution in [3.63, 3.8) is 0 Å². The minimum Gasteiger partial charge on any atom is -0.368 e. The van der Waals surface area contributed by atoms with E-state index in [-0.39, 0.29) is 5.95 Å². The van der Waals surface area contributed by atoms with E-state index in [0.29, 0.717) is 11.1 Å². The number of hydrogen-bond acceptors (Lipinski definition) is 8. The van der Waals surface area contributed by atoms with E-state index in [0.717, 1.165) is 9.50 Å². The molecule has 0 saturated heterocycles. The molecule has 0 aliphatic heterocycles. The lowest BCUT2D eigenvalue weighted by Crippen LogP contribution is -2.07. The fourth-order valence-corrected chi connectivity index (χ4v) is 2.57. The summed E-state index contributed by atoms with van der Waals surface area (Å²) in [5.74, 6) is 0.421. The predicted octanol–water partition coefficient (Wildman–Crippen LogP) is 1.34. The Morgan fingerprint density at radius 3 is 2.90 bits per heavy atom. The van der Waals surface area contributed by atoms with Crippen LogP contribution in [0.1, 0.15) is 0 Å². The van der Waals surface area contributed by atoms with Gasteiger partial charge >= 0.3 is 0 Å². The molecular weight excluding hydrogens is 344 g/mol. The molecule has 0 saturated carbocycles. The Morgan fingerprint density at radius 2 is 2.15 bits per heavy atom. The molecule has 3 aromatic heterocycles. The number of nitrogens with two attached hydrogens (primary N) is 1. The highest BCUT2D eigenvalue weighted by atomic mass is 79.9. The van der Waals surface area contributed by atoms with Crippen molar-refractivity contribution in [1.82, 2.24) is 34.7 Å². The van der Waals surface area contributed by atoms with Crippen LogP contribution in [-0.2, 0) is 0 Å². The summed E-state index contributed by atoms with van der Waals surface area (Å²) >= 11 is 4.69. The highest BCUT2D eigenvalue weighted by Crippen LogP contribution is 2.29. The summed E-state index contributed by atoms with van der Waals surface area (Å²) < 4.78 is 2.27. The van der Waals surface area contributed by atoms with E-state index in [2.05, 4.69) is 45.9 Å². The summed E-state index contributed by atoms with van der Waals surface area (Å²) in [4.78, 5) is 20.4. The lowest BCUT2D eigenvalue weighted by atomic mass is 10.5. The lowest BCUT2D eigenvalue weighted by Gasteiger charge is -2.04. The van der Waals surface area contributed by atoms with Gasteiger partial charge in [0.25, 0.3) is 5.95 Å². The first kappa shape index (κ1) is 12.9. The average Bonchev–Trinajstić information content (AvgIpc) is 2.95. The lowest BCUT2D eigenvalue weighted by molar-refractivity contribution is 0.762. The maximum atomic E-state index is 5.69. The van der Waals surface area contributed by atoms with Gasteiger partial charge in [0.05, 0.1) is 4.47 Å². The smallest absolute Gasteiger partial charge is 0.257 e. The number of nitrogen functional groups attached to an aromatic ring is 1. The minimum absolute atomic E-state index is 0.111. The first-order chi connectivity index (χ1) is 9.72. The molecule has 0 aliphatic rings. The van der Waals surface area contributed by atoms with Crippen molar-refractivity contribution in [3.05, 3.63) is 35.5 Å². The van der Waals surface area contributed by atoms with Crippen LogP contribution in [-0.4, -0.2) is 34.7 Å². The molecule has 3 aromatic rings. The molecule has 100 valence electrons. The number of anilines is 1. The summed E-state index contributed by atoms with van der Waals surface area (Å²) in [6.07, 6.45) is 4.57. The van der Waals surface area contributed by atoms with Gasteiger partial charge in [0, 0.05) is 6.20 Å². The molecule has 3 rings (SSSR count). The van der Waals surface area contributed by atoms with E-state index >= 15 is 0 Å². The molecule has 0 atom stereocenters. The molecule has 0 unspecified atom stereocenters. The number of rotatable bonds is 3. The second-order valence-corrected chi connectivity index (χ2v) is 5.32. The minimum atomic E-state index is 0.111. The van der Waals surface area contributed by atoms with Crippen molar-refractivity contribution in [3.8, 4) is 5.95 Å². The van der Waals surface area contributed by atoms with Gasteiger partial charge in [-0.1, -0.05) is 0 Å². The highest BCUT2D eigenvalue weighted by molar-refractivity contribution is 9.10. The Hall–Kier alpha value is -2.07. The molecule has 0 radical (unpaired) electrons. The number of nitrogens with zero attached hydrogens (tertiary/aromatic N) is 7. The molecule has 3 heterocycles. The summed E-state index contributed by atoms with van der Waals surface area (Å²) in [6.45, 7) is 0. The Bertz CT molecular complexity index is 732. The van der Waals surface area contributed by atoms with E-state index in [9.17, 15) is 0 Å². The molecule has 0 amide bonds. The van der Waals surface area contributed by atoms with Crippen LogP contribution in [0.25, 0.3) is 5.95 Å². The molecule has 0 bridgehead atoms. The molecule has 2 N–H and O–H groups in total. The van der Waals surface area contributed by atoms with Crippen LogP contribution in [0, 0.1) is 0 Å². The quantitative estimate of drug-likeness (QED) is 0.753. The third kappa shape index (κ3) is 2.75. The Balaban J connectivity index is 1.97. The van der Waals surface area contributed by atoms with E-state index in [4.69, 9.17) is 5.73 Å². The van der Waals surface area contributed by atoms with Crippen molar-refractivity contribution in [1.29, 1.82) is 0 Å². The van der Waals surface area contributed by atoms with Crippen molar-refractivity contribution in [2.45, 2.75) is 10.2 Å². The topological polar surface area (TPSA) is 108 Å². The molecule has 20 heavy (non-hydrogen) atoms. The van der Waals surface area contributed by atoms with Crippen LogP contribution in [0.2, 0.25) is 0 Å². The number of halogens is 1. The van der Waals surface area contributed by atoms with E-state index in [1.165, 1.54) is 29.1 Å². The van der Waals surface area contributed by atoms with Crippen molar-refractivity contribution >= 4 is 33.6 Å². The third-order valence-electron chi connectivity index (χ3n) is 2.16. The van der Waals surface area contributed by atoms with Crippen LogP contribution < -0.4 is 5.73 Å². The van der Waals surface area contributed by atoms with Gasteiger partial charge in [-0.3, -0.25) is 0 Å². The summed E-state index contributed by atoms with van der Waals surface area (Å²) in [5, 5.41) is 5.13. The molecule has 0 aliphatic carbocycles. The maximum Gasteiger partial charge on any atom is 0.257 e. The second-order valence-electron chi connectivity index (χ2n) is 3.51. The first-order valence-corrected chi connectivity index (χ1v) is 6.98. The first-order valence-electron chi connectivity index (χ1n) is 5.37. The van der Waals surface area contributed by atoms with Crippen LogP contribution in [0.5, 0.6) is 0 Å². The fraction of sp³-hybridized carbons (Fsp3) is 0. The Morgan fingerprint density at radius 1 is 1.25 bits per heavy atom. The van der Waals surface area contributed by atoms with Crippen molar-refractivity contribution in [2.24, 2.45) is 0 Å². The number of hydrogen-bond donors (Lipinski definition) is 1. The molecule has 0 aromatic carbocycles. The molecular formula is C10H7BrN8S. The van der Waals surface area contributed by atoms with Gasteiger partial charge in [0.1, 0.15) is 17.7 Å². The van der Waals surface area contributed by atoms with Crippen LogP contribution >= 0.6 is 27.7 Å². The largest absolute Gasteiger partial charge is 0.368 e. The summed E-state index contributed by atoms with van der Waals surface area (Å²) in [7, 11) is 0. The van der Waals surface area contributed by atoms with Gasteiger partial charge in [-0.15, -0.1) is 0 Å². The highest BCUT2D eigenvalue weighted by Gasteiger charge is 2.10. The van der Waals surface area contributed by atoms with E-state index in [1.54, 1.807) is 6.20 Å². The Kier molecular flexibility index (Phi) is 3.56.